The molecule has 0 aliphatic carbocycles. The number of hydrogen-bond donors (Lipinski definition) is 1. The summed E-state index contributed by atoms with van der Waals surface area (Å²) in [5.74, 6) is -0.415. The van der Waals surface area contributed by atoms with Gasteiger partial charge in [0, 0.05) is 6.04 Å². The molecule has 0 saturated carbocycles. The first-order chi connectivity index (χ1) is 9.88. The van der Waals surface area contributed by atoms with Crippen LogP contribution in [0.15, 0.2) is 54.6 Å². The molecule has 0 aromatic heterocycles. The van der Waals surface area contributed by atoms with Crippen LogP contribution in [-0.2, 0) is 0 Å². The number of rotatable bonds is 4. The van der Waals surface area contributed by atoms with E-state index in [1.165, 1.54) is 36.4 Å². The van der Waals surface area contributed by atoms with E-state index in [0.717, 1.165) is 0 Å². The largest absolute Gasteiger partial charge is 0.407 e. The van der Waals surface area contributed by atoms with Crippen molar-refractivity contribution in [2.75, 3.05) is 0 Å². The molecule has 21 heavy (non-hydrogen) atoms. The molecule has 2 unspecified atom stereocenters. The molecule has 112 valence electrons. The fraction of sp³-hybridized carbons (Fsp3) is 0.250. The number of nitrogens with one attached hydrogen (secondary N) is 1. The molecule has 2 rings (SSSR count). The van der Waals surface area contributed by atoms with Gasteiger partial charge in [-0.3, -0.25) is 5.32 Å². The van der Waals surface area contributed by atoms with E-state index in [9.17, 15) is 17.6 Å². The van der Waals surface area contributed by atoms with Gasteiger partial charge in [-0.1, -0.05) is 42.5 Å². The molecule has 0 aliphatic heterocycles. The second-order valence-corrected chi connectivity index (χ2v) is 4.83. The quantitative estimate of drug-likeness (QED) is 0.801. The fourth-order valence-corrected chi connectivity index (χ4v) is 2.12. The second-order valence-electron chi connectivity index (χ2n) is 4.83. The topological polar surface area (TPSA) is 12.0 Å². The summed E-state index contributed by atoms with van der Waals surface area (Å²) in [5.41, 5.74) is 0.751. The van der Waals surface area contributed by atoms with E-state index in [1.54, 1.807) is 25.1 Å². The van der Waals surface area contributed by atoms with Crippen molar-refractivity contribution >= 4 is 0 Å². The van der Waals surface area contributed by atoms with Gasteiger partial charge in [-0.2, -0.15) is 13.2 Å². The van der Waals surface area contributed by atoms with Crippen molar-refractivity contribution in [2.24, 2.45) is 0 Å². The maximum Gasteiger partial charge on any atom is 0.407 e. The van der Waals surface area contributed by atoms with Gasteiger partial charge < -0.3 is 0 Å². The SMILES string of the molecule is CC(NC(c1ccccc1)C(F)(F)F)c1ccc(F)cc1. The molecular weight excluding hydrogens is 282 g/mol. The summed E-state index contributed by atoms with van der Waals surface area (Å²) in [6.07, 6.45) is -4.41. The van der Waals surface area contributed by atoms with E-state index in [1.807, 2.05) is 0 Å². The standard InChI is InChI=1S/C16H15F4N/c1-11(12-7-9-14(17)10-8-12)21-15(16(18,19)20)13-5-3-2-4-6-13/h2-11,15,21H,1H3. The van der Waals surface area contributed by atoms with Gasteiger partial charge in [-0.15, -0.1) is 0 Å². The minimum absolute atomic E-state index is 0.152. The van der Waals surface area contributed by atoms with Crippen LogP contribution in [-0.4, -0.2) is 6.18 Å². The molecule has 0 saturated heterocycles. The normalized spacial score (nSPS) is 14.7. The molecule has 2 aromatic carbocycles. The third-order valence-electron chi connectivity index (χ3n) is 3.25. The lowest BCUT2D eigenvalue weighted by molar-refractivity contribution is -0.159. The summed E-state index contributed by atoms with van der Waals surface area (Å²) in [4.78, 5) is 0. The summed E-state index contributed by atoms with van der Waals surface area (Å²) in [5, 5.41) is 2.56. The Labute approximate surface area is 120 Å². The van der Waals surface area contributed by atoms with Crippen LogP contribution < -0.4 is 5.32 Å². The molecule has 1 nitrogen and oxygen atoms in total. The van der Waals surface area contributed by atoms with E-state index in [2.05, 4.69) is 5.32 Å². The van der Waals surface area contributed by atoms with Crippen LogP contribution in [0.3, 0.4) is 0 Å². The van der Waals surface area contributed by atoms with Gasteiger partial charge in [-0.05, 0) is 30.2 Å². The van der Waals surface area contributed by atoms with E-state index < -0.39 is 24.1 Å². The van der Waals surface area contributed by atoms with E-state index >= 15 is 0 Å². The third kappa shape index (κ3) is 4.04. The molecule has 0 bridgehead atoms. The predicted molar refractivity (Wildman–Crippen MR) is 73.2 cm³/mol. The zero-order chi connectivity index (χ0) is 15.5. The summed E-state index contributed by atoms with van der Waals surface area (Å²) < 4.78 is 52.5. The van der Waals surface area contributed by atoms with Crippen molar-refractivity contribution in [1.82, 2.24) is 5.32 Å². The number of benzene rings is 2. The van der Waals surface area contributed by atoms with E-state index in [4.69, 9.17) is 0 Å². The molecule has 0 fully saturated rings. The zero-order valence-electron chi connectivity index (χ0n) is 11.4. The molecule has 0 spiro atoms. The van der Waals surface area contributed by atoms with Gasteiger partial charge in [0.25, 0.3) is 0 Å². The minimum atomic E-state index is -4.41. The van der Waals surface area contributed by atoms with Crippen molar-refractivity contribution in [3.05, 3.63) is 71.5 Å². The Morgan fingerprint density at radius 3 is 1.95 bits per heavy atom. The lowest BCUT2D eigenvalue weighted by atomic mass is 10.0. The summed E-state index contributed by atoms with van der Waals surface area (Å²) in [7, 11) is 0. The lowest BCUT2D eigenvalue weighted by Crippen LogP contribution is -2.35. The average molecular weight is 297 g/mol. The van der Waals surface area contributed by atoms with Crippen molar-refractivity contribution in [3.8, 4) is 0 Å². The molecule has 2 atom stereocenters. The van der Waals surface area contributed by atoms with Gasteiger partial charge in [-0.25, -0.2) is 4.39 Å². The molecule has 0 heterocycles. The maximum absolute atomic E-state index is 13.2. The van der Waals surface area contributed by atoms with Gasteiger partial charge in [0.15, 0.2) is 0 Å². The van der Waals surface area contributed by atoms with Crippen molar-refractivity contribution in [1.29, 1.82) is 0 Å². The summed E-state index contributed by atoms with van der Waals surface area (Å²) in [6, 6.07) is 10.8. The van der Waals surface area contributed by atoms with Crippen LogP contribution in [0.2, 0.25) is 0 Å². The highest BCUT2D eigenvalue weighted by Crippen LogP contribution is 2.34. The van der Waals surface area contributed by atoms with Crippen LogP contribution in [0.25, 0.3) is 0 Å². The smallest absolute Gasteiger partial charge is 0.296 e. The molecule has 5 heteroatoms. The van der Waals surface area contributed by atoms with Crippen LogP contribution in [0.5, 0.6) is 0 Å². The van der Waals surface area contributed by atoms with Gasteiger partial charge >= 0.3 is 6.18 Å². The number of hydrogen-bond acceptors (Lipinski definition) is 1. The van der Waals surface area contributed by atoms with Gasteiger partial charge in [0.05, 0.1) is 0 Å². The Bertz CT molecular complexity index is 563. The Morgan fingerprint density at radius 2 is 1.43 bits per heavy atom. The highest BCUT2D eigenvalue weighted by Gasteiger charge is 2.41. The highest BCUT2D eigenvalue weighted by molar-refractivity contribution is 5.23. The molecule has 2 aromatic rings. The van der Waals surface area contributed by atoms with Crippen molar-refractivity contribution in [2.45, 2.75) is 25.2 Å². The molecule has 0 aliphatic rings. The Kier molecular flexibility index (Phi) is 4.63. The number of halogens is 4. The first-order valence-corrected chi connectivity index (χ1v) is 6.51. The van der Waals surface area contributed by atoms with Crippen LogP contribution in [0, 0.1) is 5.82 Å². The molecule has 0 radical (unpaired) electrons. The van der Waals surface area contributed by atoms with Crippen LogP contribution in [0.4, 0.5) is 17.6 Å². The third-order valence-corrected chi connectivity index (χ3v) is 3.25. The van der Waals surface area contributed by atoms with Gasteiger partial charge in [0.1, 0.15) is 11.9 Å². The minimum Gasteiger partial charge on any atom is -0.296 e. The molecular formula is C16H15F4N. The van der Waals surface area contributed by atoms with E-state index in [0.29, 0.717) is 5.56 Å². The van der Waals surface area contributed by atoms with Gasteiger partial charge in [0.2, 0.25) is 0 Å². The average Bonchev–Trinajstić information content (AvgIpc) is 2.45. The fourth-order valence-electron chi connectivity index (χ4n) is 2.12. The summed E-state index contributed by atoms with van der Waals surface area (Å²) >= 11 is 0. The Balaban J connectivity index is 2.21. The molecule has 0 amide bonds. The summed E-state index contributed by atoms with van der Waals surface area (Å²) in [6.45, 7) is 1.62. The number of alkyl halides is 3. The van der Waals surface area contributed by atoms with Crippen LogP contribution >= 0.6 is 0 Å². The first kappa shape index (κ1) is 15.5. The monoisotopic (exact) mass is 297 g/mol. The maximum atomic E-state index is 13.2. The van der Waals surface area contributed by atoms with Crippen molar-refractivity contribution in [3.63, 3.8) is 0 Å². The second kappa shape index (κ2) is 6.26. The zero-order valence-corrected chi connectivity index (χ0v) is 11.4. The Hall–Kier alpha value is -1.88. The van der Waals surface area contributed by atoms with Crippen LogP contribution in [0.1, 0.15) is 30.1 Å². The highest BCUT2D eigenvalue weighted by atomic mass is 19.4. The lowest BCUT2D eigenvalue weighted by Gasteiger charge is -2.26. The molecule has 1 N–H and O–H groups in total. The predicted octanol–water partition coefficient (Wildman–Crippen LogP) is 4.78. The Morgan fingerprint density at radius 1 is 0.857 bits per heavy atom. The van der Waals surface area contributed by atoms with Crippen molar-refractivity contribution < 1.29 is 17.6 Å². The first-order valence-electron chi connectivity index (χ1n) is 6.51. The van der Waals surface area contributed by atoms with E-state index in [-0.39, 0.29) is 5.56 Å².